The summed E-state index contributed by atoms with van der Waals surface area (Å²) in [6.45, 7) is 0. The first-order valence-electron chi connectivity index (χ1n) is 20.7. The number of benzene rings is 11. The van der Waals surface area contributed by atoms with Crippen molar-refractivity contribution in [1.82, 2.24) is 4.57 Å². The molecule has 2 heteroatoms. The summed E-state index contributed by atoms with van der Waals surface area (Å²) in [4.78, 5) is 2.39. The average Bonchev–Trinajstić information content (AvgIpc) is 3.66. The van der Waals surface area contributed by atoms with Crippen LogP contribution in [-0.4, -0.2) is 4.57 Å². The highest BCUT2D eigenvalue weighted by atomic mass is 15.1. The molecule has 2 nitrogen and oxygen atoms in total. The van der Waals surface area contributed by atoms with Gasteiger partial charge in [-0.3, -0.25) is 0 Å². The molecule has 60 heavy (non-hydrogen) atoms. The number of anilines is 3. The van der Waals surface area contributed by atoms with Crippen molar-refractivity contribution < 1.29 is 0 Å². The van der Waals surface area contributed by atoms with Gasteiger partial charge in [0.15, 0.2) is 0 Å². The van der Waals surface area contributed by atoms with Crippen LogP contribution in [0.4, 0.5) is 17.1 Å². The fourth-order valence-electron chi connectivity index (χ4n) is 9.43. The molecule has 0 aliphatic rings. The van der Waals surface area contributed by atoms with Crippen LogP contribution in [0.2, 0.25) is 0 Å². The summed E-state index contributed by atoms with van der Waals surface area (Å²) in [6.07, 6.45) is 0. The van der Waals surface area contributed by atoms with E-state index in [0.29, 0.717) is 0 Å². The van der Waals surface area contributed by atoms with E-state index in [-0.39, 0.29) is 0 Å². The lowest BCUT2D eigenvalue weighted by molar-refractivity contribution is 1.19. The molecule has 0 atom stereocenters. The molecule has 0 saturated heterocycles. The number of fused-ring (bicyclic) bond motifs is 9. The standard InChI is InChI=1S/C58H38N2/c1-2-15-47(16-3-1)60-57-38-45(29-35-54(57)55-36-27-43-13-6-9-19-53(43)58(55)60)40-25-32-49(33-26-40)59(56-20-10-14-41-11-5-8-18-52(41)56)48-30-23-39(24-31-48)44-28-34-51-46(37-44)22-21-42-12-4-7-17-50(42)51/h1-38H. The van der Waals surface area contributed by atoms with Crippen molar-refractivity contribution in [2.24, 2.45) is 0 Å². The lowest BCUT2D eigenvalue weighted by Crippen LogP contribution is -2.10. The molecule has 0 radical (unpaired) electrons. The minimum atomic E-state index is 1.10. The van der Waals surface area contributed by atoms with E-state index in [1.807, 2.05) is 0 Å². The Hall–Kier alpha value is -7.94. The quantitative estimate of drug-likeness (QED) is 0.153. The Labute approximate surface area is 348 Å². The van der Waals surface area contributed by atoms with Crippen LogP contribution in [0.15, 0.2) is 231 Å². The Bertz CT molecular complexity index is 3580. The molecule has 0 unspecified atom stereocenters. The second-order valence-corrected chi connectivity index (χ2v) is 15.7. The van der Waals surface area contributed by atoms with Gasteiger partial charge < -0.3 is 9.47 Å². The van der Waals surface area contributed by atoms with Crippen LogP contribution in [0.1, 0.15) is 0 Å². The highest BCUT2D eigenvalue weighted by molar-refractivity contribution is 6.19. The summed E-state index contributed by atoms with van der Waals surface area (Å²) in [6, 6.07) is 84.2. The molecule has 11 aromatic carbocycles. The van der Waals surface area contributed by atoms with Crippen molar-refractivity contribution in [3.05, 3.63) is 231 Å². The minimum Gasteiger partial charge on any atom is -0.310 e. The number of aromatic nitrogens is 1. The van der Waals surface area contributed by atoms with E-state index in [0.717, 1.165) is 22.7 Å². The Morgan fingerprint density at radius 1 is 0.283 bits per heavy atom. The van der Waals surface area contributed by atoms with Crippen LogP contribution in [0.25, 0.3) is 92.8 Å². The maximum atomic E-state index is 2.44. The first-order valence-corrected chi connectivity index (χ1v) is 20.7. The molecule has 0 amide bonds. The smallest absolute Gasteiger partial charge is 0.0619 e. The van der Waals surface area contributed by atoms with Gasteiger partial charge in [-0.25, -0.2) is 0 Å². The molecular weight excluding hydrogens is 725 g/mol. The highest BCUT2D eigenvalue weighted by Gasteiger charge is 2.18. The predicted molar refractivity (Wildman–Crippen MR) is 256 cm³/mol. The van der Waals surface area contributed by atoms with Crippen LogP contribution in [-0.2, 0) is 0 Å². The molecule has 0 bridgehead atoms. The van der Waals surface area contributed by atoms with Crippen molar-refractivity contribution in [1.29, 1.82) is 0 Å². The summed E-state index contributed by atoms with van der Waals surface area (Å²) in [7, 11) is 0. The average molecular weight is 763 g/mol. The van der Waals surface area contributed by atoms with E-state index in [1.165, 1.54) is 87.1 Å². The number of hydrogen-bond acceptors (Lipinski definition) is 1. The molecule has 280 valence electrons. The Kier molecular flexibility index (Phi) is 7.89. The Morgan fingerprint density at radius 3 is 1.48 bits per heavy atom. The largest absolute Gasteiger partial charge is 0.310 e. The SMILES string of the molecule is c1ccc(-n2c3cc(-c4ccc(N(c5ccc(-c6ccc7c(ccc8ccccc87)c6)cc5)c5cccc6ccccc56)cc4)ccc3c3ccc4ccccc4c32)cc1. The molecule has 0 aliphatic carbocycles. The molecule has 0 aliphatic heterocycles. The van der Waals surface area contributed by atoms with Gasteiger partial charge in [-0.2, -0.15) is 0 Å². The van der Waals surface area contributed by atoms with Gasteiger partial charge in [0.25, 0.3) is 0 Å². The molecule has 0 fully saturated rings. The number of para-hydroxylation sites is 1. The summed E-state index contributed by atoms with van der Waals surface area (Å²) < 4.78 is 2.44. The van der Waals surface area contributed by atoms with Gasteiger partial charge in [0.05, 0.1) is 16.7 Å². The molecule has 12 aromatic rings. The van der Waals surface area contributed by atoms with E-state index in [4.69, 9.17) is 0 Å². The van der Waals surface area contributed by atoms with Crippen LogP contribution < -0.4 is 4.90 Å². The zero-order chi connectivity index (χ0) is 39.6. The molecule has 1 aromatic heterocycles. The third-order valence-electron chi connectivity index (χ3n) is 12.3. The van der Waals surface area contributed by atoms with Crippen molar-refractivity contribution in [3.8, 4) is 27.9 Å². The first-order chi connectivity index (χ1) is 29.7. The minimum absolute atomic E-state index is 1.10. The van der Waals surface area contributed by atoms with Crippen LogP contribution in [0, 0.1) is 0 Å². The van der Waals surface area contributed by atoms with Crippen molar-refractivity contribution >= 4 is 82.0 Å². The number of hydrogen-bond donors (Lipinski definition) is 0. The predicted octanol–water partition coefficient (Wildman–Crippen LogP) is 16.2. The second-order valence-electron chi connectivity index (χ2n) is 15.7. The van der Waals surface area contributed by atoms with Gasteiger partial charge in [-0.15, -0.1) is 0 Å². The van der Waals surface area contributed by atoms with Crippen molar-refractivity contribution in [2.45, 2.75) is 0 Å². The van der Waals surface area contributed by atoms with E-state index in [1.54, 1.807) is 0 Å². The van der Waals surface area contributed by atoms with E-state index < -0.39 is 0 Å². The first kappa shape index (κ1) is 34.1. The lowest BCUT2D eigenvalue weighted by Gasteiger charge is -2.27. The lowest BCUT2D eigenvalue weighted by atomic mass is 9.97. The van der Waals surface area contributed by atoms with Crippen LogP contribution in [0.5, 0.6) is 0 Å². The third-order valence-corrected chi connectivity index (χ3v) is 12.3. The fraction of sp³-hybridized carbons (Fsp3) is 0. The maximum Gasteiger partial charge on any atom is 0.0619 e. The molecule has 0 N–H and O–H groups in total. The van der Waals surface area contributed by atoms with E-state index >= 15 is 0 Å². The zero-order valence-corrected chi connectivity index (χ0v) is 32.8. The van der Waals surface area contributed by atoms with Gasteiger partial charge in [0.1, 0.15) is 0 Å². The summed E-state index contributed by atoms with van der Waals surface area (Å²) in [5.74, 6) is 0. The molecule has 0 saturated carbocycles. The normalized spacial score (nSPS) is 11.7. The summed E-state index contributed by atoms with van der Waals surface area (Å²) in [5.41, 5.74) is 11.7. The second kappa shape index (κ2) is 13.9. The zero-order valence-electron chi connectivity index (χ0n) is 32.8. The molecule has 1 heterocycles. The topological polar surface area (TPSA) is 8.17 Å². The van der Waals surface area contributed by atoms with Gasteiger partial charge in [0, 0.05) is 38.6 Å². The van der Waals surface area contributed by atoms with Crippen molar-refractivity contribution in [2.75, 3.05) is 4.90 Å². The number of nitrogens with zero attached hydrogens (tertiary/aromatic N) is 2. The summed E-state index contributed by atoms with van der Waals surface area (Å²) in [5, 5.41) is 12.5. The van der Waals surface area contributed by atoms with Crippen molar-refractivity contribution in [3.63, 3.8) is 0 Å². The maximum absolute atomic E-state index is 2.44. The highest BCUT2D eigenvalue weighted by Crippen LogP contribution is 2.42. The molecular formula is C58H38N2. The number of rotatable bonds is 6. The van der Waals surface area contributed by atoms with Gasteiger partial charge >= 0.3 is 0 Å². The monoisotopic (exact) mass is 762 g/mol. The molecule has 0 spiro atoms. The van der Waals surface area contributed by atoms with Gasteiger partial charge in [0.2, 0.25) is 0 Å². The Balaban J connectivity index is 0.957. The molecule has 12 rings (SSSR count). The Morgan fingerprint density at radius 2 is 0.767 bits per heavy atom. The van der Waals surface area contributed by atoms with E-state index in [2.05, 4.69) is 240 Å². The van der Waals surface area contributed by atoms with Crippen LogP contribution in [0.3, 0.4) is 0 Å². The van der Waals surface area contributed by atoms with Gasteiger partial charge in [-0.05, 0) is 109 Å². The van der Waals surface area contributed by atoms with E-state index in [9.17, 15) is 0 Å². The van der Waals surface area contributed by atoms with Crippen LogP contribution >= 0.6 is 0 Å². The van der Waals surface area contributed by atoms with Gasteiger partial charge in [-0.1, -0.05) is 176 Å². The fourth-order valence-corrected chi connectivity index (χ4v) is 9.43. The third kappa shape index (κ3) is 5.57. The summed E-state index contributed by atoms with van der Waals surface area (Å²) >= 11 is 0.